The molecular weight excluding hydrogens is 448 g/mol. The second kappa shape index (κ2) is 9.51. The van der Waals surface area contributed by atoms with E-state index in [-0.39, 0.29) is 16.7 Å². The SMILES string of the molecule is CCc1nc(-c2csc(S(=O)(=O)N3CCC[C@H](C(=O)Nc4ccccc4CC)C3)c2)no1. The van der Waals surface area contributed by atoms with E-state index in [1.165, 1.54) is 4.31 Å². The van der Waals surface area contributed by atoms with Gasteiger partial charge in [-0.05, 0) is 37.0 Å². The number of piperidine rings is 1. The Morgan fingerprint density at radius 1 is 1.28 bits per heavy atom. The fraction of sp³-hybridized carbons (Fsp3) is 0.409. The van der Waals surface area contributed by atoms with E-state index < -0.39 is 15.9 Å². The third-order valence-corrected chi connectivity index (χ3v) is 8.89. The Kier molecular flexibility index (Phi) is 6.73. The molecule has 4 rings (SSSR count). The van der Waals surface area contributed by atoms with Gasteiger partial charge in [-0.2, -0.15) is 9.29 Å². The molecule has 2 aromatic heterocycles. The minimum absolute atomic E-state index is 0.142. The molecule has 1 N–H and O–H groups in total. The van der Waals surface area contributed by atoms with Crippen molar-refractivity contribution in [2.75, 3.05) is 18.4 Å². The van der Waals surface area contributed by atoms with E-state index in [4.69, 9.17) is 4.52 Å². The van der Waals surface area contributed by atoms with E-state index in [0.29, 0.717) is 43.1 Å². The maximum absolute atomic E-state index is 13.3. The van der Waals surface area contributed by atoms with Crippen LogP contribution in [-0.2, 0) is 27.7 Å². The van der Waals surface area contributed by atoms with E-state index in [2.05, 4.69) is 15.5 Å². The van der Waals surface area contributed by atoms with Gasteiger partial charge in [0.2, 0.25) is 17.6 Å². The smallest absolute Gasteiger partial charge is 0.252 e. The lowest BCUT2D eigenvalue weighted by atomic mass is 9.98. The number of sulfonamides is 1. The molecule has 1 aliphatic rings. The molecule has 0 spiro atoms. The van der Waals surface area contributed by atoms with Gasteiger partial charge in [0.1, 0.15) is 4.21 Å². The molecule has 3 heterocycles. The summed E-state index contributed by atoms with van der Waals surface area (Å²) < 4.78 is 33.3. The molecule has 32 heavy (non-hydrogen) atoms. The van der Waals surface area contributed by atoms with Crippen molar-refractivity contribution >= 4 is 33.0 Å². The lowest BCUT2D eigenvalue weighted by molar-refractivity contribution is -0.120. The molecule has 0 unspecified atom stereocenters. The van der Waals surface area contributed by atoms with Crippen LogP contribution in [0.1, 0.15) is 38.1 Å². The quantitative estimate of drug-likeness (QED) is 0.556. The first-order valence-corrected chi connectivity index (χ1v) is 13.0. The summed E-state index contributed by atoms with van der Waals surface area (Å²) in [6.45, 7) is 4.50. The van der Waals surface area contributed by atoms with Crippen LogP contribution >= 0.6 is 11.3 Å². The molecule has 3 aromatic rings. The standard InChI is InChI=1S/C22H26N4O4S2/c1-3-15-8-5-6-10-18(15)23-22(27)16-9-7-11-26(13-16)32(28,29)20-12-17(14-31-20)21-24-19(4-2)30-25-21/h5-6,8,10,12,14,16H,3-4,7,9,11,13H2,1-2H3,(H,23,27)/t16-/m0/s1. The monoisotopic (exact) mass is 474 g/mol. The number of nitrogens with zero attached hydrogens (tertiary/aromatic N) is 3. The number of anilines is 1. The molecule has 0 aliphatic carbocycles. The molecule has 0 saturated carbocycles. The first-order valence-electron chi connectivity index (χ1n) is 10.7. The maximum Gasteiger partial charge on any atom is 0.252 e. The van der Waals surface area contributed by atoms with Gasteiger partial charge in [0, 0.05) is 36.1 Å². The Balaban J connectivity index is 1.48. The summed E-state index contributed by atoms with van der Waals surface area (Å²) in [5, 5.41) is 8.62. The molecule has 1 aliphatic heterocycles. The molecule has 8 nitrogen and oxygen atoms in total. The zero-order chi connectivity index (χ0) is 22.7. The van der Waals surface area contributed by atoms with Crippen molar-refractivity contribution in [1.29, 1.82) is 0 Å². The van der Waals surface area contributed by atoms with Crippen molar-refractivity contribution in [3.8, 4) is 11.4 Å². The Labute approximate surface area is 191 Å². The lowest BCUT2D eigenvalue weighted by Gasteiger charge is -2.31. The Hall–Kier alpha value is -2.56. The highest BCUT2D eigenvalue weighted by Gasteiger charge is 2.34. The predicted molar refractivity (Wildman–Crippen MR) is 123 cm³/mol. The molecule has 1 amide bonds. The second-order valence-corrected chi connectivity index (χ2v) is 10.8. The van der Waals surface area contributed by atoms with E-state index in [1.54, 1.807) is 11.4 Å². The van der Waals surface area contributed by atoms with Crippen LogP contribution < -0.4 is 5.32 Å². The topological polar surface area (TPSA) is 105 Å². The summed E-state index contributed by atoms with van der Waals surface area (Å²) in [4.78, 5) is 17.2. The Bertz CT molecular complexity index is 1200. The molecule has 1 atom stereocenters. The number of nitrogens with one attached hydrogen (secondary N) is 1. The number of aromatic nitrogens is 2. The normalized spacial score (nSPS) is 17.4. The van der Waals surface area contributed by atoms with Crippen LogP contribution in [0.2, 0.25) is 0 Å². The van der Waals surface area contributed by atoms with Gasteiger partial charge in [0.25, 0.3) is 10.0 Å². The summed E-state index contributed by atoms with van der Waals surface area (Å²) in [5.74, 6) is 0.346. The number of para-hydroxylation sites is 1. The molecular formula is C22H26N4O4S2. The zero-order valence-corrected chi connectivity index (χ0v) is 19.7. The number of thiophene rings is 1. The van der Waals surface area contributed by atoms with Gasteiger partial charge in [-0.15, -0.1) is 11.3 Å². The van der Waals surface area contributed by atoms with Crippen LogP contribution in [0.3, 0.4) is 0 Å². The number of hydrogen-bond acceptors (Lipinski definition) is 7. The number of aryl methyl sites for hydroxylation is 2. The third-order valence-electron chi connectivity index (χ3n) is 5.61. The third kappa shape index (κ3) is 4.62. The molecule has 0 radical (unpaired) electrons. The summed E-state index contributed by atoms with van der Waals surface area (Å²) >= 11 is 1.13. The molecule has 1 fully saturated rings. The van der Waals surface area contributed by atoms with E-state index in [1.807, 2.05) is 38.1 Å². The van der Waals surface area contributed by atoms with Crippen molar-refractivity contribution in [1.82, 2.24) is 14.4 Å². The van der Waals surface area contributed by atoms with Crippen molar-refractivity contribution in [2.24, 2.45) is 5.92 Å². The van der Waals surface area contributed by atoms with Gasteiger partial charge in [0.15, 0.2) is 0 Å². The number of rotatable bonds is 7. The minimum atomic E-state index is -3.71. The zero-order valence-electron chi connectivity index (χ0n) is 18.1. The van der Waals surface area contributed by atoms with Crippen LogP contribution in [0.5, 0.6) is 0 Å². The Morgan fingerprint density at radius 2 is 2.09 bits per heavy atom. The fourth-order valence-electron chi connectivity index (χ4n) is 3.77. The molecule has 1 aromatic carbocycles. The van der Waals surface area contributed by atoms with Crippen LogP contribution in [0.25, 0.3) is 11.4 Å². The number of carbonyl (C=O) groups is 1. The first kappa shape index (κ1) is 22.6. The summed E-state index contributed by atoms with van der Waals surface area (Å²) in [7, 11) is -3.71. The van der Waals surface area contributed by atoms with Crippen LogP contribution in [-0.4, -0.2) is 41.9 Å². The first-order chi connectivity index (χ1) is 15.4. The van der Waals surface area contributed by atoms with Gasteiger partial charge in [-0.3, -0.25) is 4.79 Å². The van der Waals surface area contributed by atoms with Crippen molar-refractivity contribution in [3.05, 3.63) is 47.2 Å². The second-order valence-electron chi connectivity index (χ2n) is 7.72. The van der Waals surface area contributed by atoms with Gasteiger partial charge in [-0.1, -0.05) is 37.2 Å². The fourth-order valence-corrected chi connectivity index (χ4v) is 6.61. The van der Waals surface area contributed by atoms with E-state index >= 15 is 0 Å². The highest BCUT2D eigenvalue weighted by Crippen LogP contribution is 2.31. The summed E-state index contributed by atoms with van der Waals surface area (Å²) in [5.41, 5.74) is 2.45. The molecule has 10 heteroatoms. The number of hydrogen-bond donors (Lipinski definition) is 1. The van der Waals surface area contributed by atoms with Gasteiger partial charge < -0.3 is 9.84 Å². The van der Waals surface area contributed by atoms with Crippen LogP contribution in [0, 0.1) is 5.92 Å². The average Bonchev–Trinajstić information content (AvgIpc) is 3.49. The minimum Gasteiger partial charge on any atom is -0.339 e. The predicted octanol–water partition coefficient (Wildman–Crippen LogP) is 3.96. The van der Waals surface area contributed by atoms with E-state index in [0.717, 1.165) is 29.0 Å². The number of carbonyl (C=O) groups excluding carboxylic acids is 1. The van der Waals surface area contributed by atoms with Crippen molar-refractivity contribution in [3.63, 3.8) is 0 Å². The maximum atomic E-state index is 13.3. The van der Waals surface area contributed by atoms with Crippen molar-refractivity contribution in [2.45, 2.75) is 43.7 Å². The summed E-state index contributed by atoms with van der Waals surface area (Å²) in [6.07, 6.45) is 2.71. The van der Waals surface area contributed by atoms with Gasteiger partial charge >= 0.3 is 0 Å². The largest absolute Gasteiger partial charge is 0.339 e. The highest BCUT2D eigenvalue weighted by atomic mass is 32.2. The average molecular weight is 475 g/mol. The van der Waals surface area contributed by atoms with Crippen LogP contribution in [0.4, 0.5) is 5.69 Å². The van der Waals surface area contributed by atoms with Crippen LogP contribution in [0.15, 0.2) is 44.4 Å². The van der Waals surface area contributed by atoms with Gasteiger partial charge in [0.05, 0.1) is 5.92 Å². The highest BCUT2D eigenvalue weighted by molar-refractivity contribution is 7.91. The molecule has 0 bridgehead atoms. The van der Waals surface area contributed by atoms with E-state index in [9.17, 15) is 13.2 Å². The van der Waals surface area contributed by atoms with Crippen molar-refractivity contribution < 1.29 is 17.7 Å². The Morgan fingerprint density at radius 3 is 2.84 bits per heavy atom. The molecule has 1 saturated heterocycles. The summed E-state index contributed by atoms with van der Waals surface area (Å²) in [6, 6.07) is 9.26. The number of amides is 1. The number of benzene rings is 1. The molecule has 170 valence electrons. The lowest BCUT2D eigenvalue weighted by Crippen LogP contribution is -2.43. The van der Waals surface area contributed by atoms with Gasteiger partial charge in [-0.25, -0.2) is 8.42 Å².